The molecule has 1 aromatic rings. The first-order chi connectivity index (χ1) is 7.60. The molecule has 0 N–H and O–H groups in total. The van der Waals surface area contributed by atoms with E-state index in [1.807, 2.05) is 0 Å². The molecule has 0 bridgehead atoms. The number of sulfonamides is 1. The maximum absolute atomic E-state index is 12.9. The summed E-state index contributed by atoms with van der Waals surface area (Å²) in [6.07, 6.45) is 4.96. The normalized spacial score (nSPS) is 18.6. The third kappa shape index (κ3) is 2.22. The molecule has 88 valence electrons. The average Bonchev–Trinajstić information content (AvgIpc) is 2.30. The Labute approximate surface area is 94.2 Å². The molecule has 0 unspecified atom stereocenters. The van der Waals surface area contributed by atoms with E-state index in [1.165, 1.54) is 10.5 Å². The van der Waals surface area contributed by atoms with Crippen molar-refractivity contribution in [2.24, 2.45) is 0 Å². The maximum atomic E-state index is 12.9. The van der Waals surface area contributed by atoms with Gasteiger partial charge in [-0.05, 0) is 18.9 Å². The standard InChI is InChI=1S/C10H13FN2O2S/c11-9-6-10(8-12-7-9)16(14,15)13-4-2-1-3-5-13/h6-8H,1-5H2. The van der Waals surface area contributed by atoms with Gasteiger partial charge in [-0.25, -0.2) is 12.8 Å². The largest absolute Gasteiger partial charge is 0.260 e. The molecule has 16 heavy (non-hydrogen) atoms. The van der Waals surface area contributed by atoms with Crippen LogP contribution in [-0.2, 0) is 10.0 Å². The first-order valence-corrected chi connectivity index (χ1v) is 6.65. The highest BCUT2D eigenvalue weighted by molar-refractivity contribution is 7.89. The second-order valence-electron chi connectivity index (χ2n) is 3.80. The zero-order valence-electron chi connectivity index (χ0n) is 8.76. The molecule has 2 rings (SSSR count). The summed E-state index contributed by atoms with van der Waals surface area (Å²) in [7, 11) is -3.55. The zero-order valence-corrected chi connectivity index (χ0v) is 9.58. The van der Waals surface area contributed by atoms with Crippen LogP contribution in [0.15, 0.2) is 23.4 Å². The molecular weight excluding hydrogens is 231 g/mol. The number of aromatic nitrogens is 1. The Balaban J connectivity index is 2.30. The van der Waals surface area contributed by atoms with Gasteiger partial charge >= 0.3 is 0 Å². The van der Waals surface area contributed by atoms with E-state index in [9.17, 15) is 12.8 Å². The van der Waals surface area contributed by atoms with Crippen LogP contribution in [0.1, 0.15) is 19.3 Å². The Morgan fingerprint density at radius 2 is 1.88 bits per heavy atom. The summed E-state index contributed by atoms with van der Waals surface area (Å²) in [5.41, 5.74) is 0. The van der Waals surface area contributed by atoms with Gasteiger partial charge in [-0.1, -0.05) is 6.42 Å². The maximum Gasteiger partial charge on any atom is 0.244 e. The lowest BCUT2D eigenvalue weighted by molar-refractivity contribution is 0.346. The number of halogens is 1. The van der Waals surface area contributed by atoms with E-state index in [4.69, 9.17) is 0 Å². The smallest absolute Gasteiger partial charge is 0.244 e. The van der Waals surface area contributed by atoms with Gasteiger partial charge in [-0.3, -0.25) is 4.98 Å². The molecule has 2 heterocycles. The molecule has 1 saturated heterocycles. The third-order valence-electron chi connectivity index (χ3n) is 2.63. The Morgan fingerprint density at radius 3 is 2.50 bits per heavy atom. The van der Waals surface area contributed by atoms with Gasteiger partial charge in [-0.2, -0.15) is 4.31 Å². The van der Waals surface area contributed by atoms with Gasteiger partial charge < -0.3 is 0 Å². The summed E-state index contributed by atoms with van der Waals surface area (Å²) in [5.74, 6) is -0.627. The number of piperidine rings is 1. The van der Waals surface area contributed by atoms with Crippen LogP contribution in [-0.4, -0.2) is 30.8 Å². The number of hydrogen-bond acceptors (Lipinski definition) is 3. The monoisotopic (exact) mass is 244 g/mol. The summed E-state index contributed by atoms with van der Waals surface area (Å²) >= 11 is 0. The van der Waals surface area contributed by atoms with Crippen molar-refractivity contribution in [2.75, 3.05) is 13.1 Å². The molecule has 1 aromatic heterocycles. The topological polar surface area (TPSA) is 50.3 Å². The van der Waals surface area contributed by atoms with Crippen LogP contribution >= 0.6 is 0 Å². The third-order valence-corrected chi connectivity index (χ3v) is 4.50. The van der Waals surface area contributed by atoms with E-state index in [2.05, 4.69) is 4.98 Å². The second-order valence-corrected chi connectivity index (χ2v) is 5.74. The van der Waals surface area contributed by atoms with Crippen LogP contribution in [0.5, 0.6) is 0 Å². The molecule has 0 aliphatic carbocycles. The molecule has 0 radical (unpaired) electrons. The molecule has 1 fully saturated rings. The van der Waals surface area contributed by atoms with Gasteiger partial charge in [0.25, 0.3) is 0 Å². The van der Waals surface area contributed by atoms with Crippen LogP contribution in [0.2, 0.25) is 0 Å². The SMILES string of the molecule is O=S(=O)(c1cncc(F)c1)N1CCCCC1. The fraction of sp³-hybridized carbons (Fsp3) is 0.500. The highest BCUT2D eigenvalue weighted by atomic mass is 32.2. The zero-order chi connectivity index (χ0) is 11.6. The van der Waals surface area contributed by atoms with Crippen LogP contribution in [0, 0.1) is 5.82 Å². The van der Waals surface area contributed by atoms with Gasteiger partial charge in [0, 0.05) is 19.3 Å². The molecule has 4 nitrogen and oxygen atoms in total. The van der Waals surface area contributed by atoms with Crippen molar-refractivity contribution in [1.29, 1.82) is 0 Å². The fourth-order valence-electron chi connectivity index (χ4n) is 1.79. The van der Waals surface area contributed by atoms with Gasteiger partial charge in [-0.15, -0.1) is 0 Å². The van der Waals surface area contributed by atoms with Gasteiger partial charge in [0.2, 0.25) is 10.0 Å². The van der Waals surface area contributed by atoms with E-state index in [0.717, 1.165) is 31.5 Å². The predicted octanol–water partition coefficient (Wildman–Crippen LogP) is 1.40. The number of nitrogens with zero attached hydrogens (tertiary/aromatic N) is 2. The first-order valence-electron chi connectivity index (χ1n) is 5.21. The Kier molecular flexibility index (Phi) is 3.20. The van der Waals surface area contributed by atoms with E-state index >= 15 is 0 Å². The fourth-order valence-corrected chi connectivity index (χ4v) is 3.28. The quantitative estimate of drug-likeness (QED) is 0.790. The molecule has 0 amide bonds. The van der Waals surface area contributed by atoms with Crippen molar-refractivity contribution in [3.05, 3.63) is 24.3 Å². The molecule has 1 aliphatic rings. The first kappa shape index (κ1) is 11.5. The minimum Gasteiger partial charge on any atom is -0.260 e. The number of pyridine rings is 1. The van der Waals surface area contributed by atoms with Gasteiger partial charge in [0.05, 0.1) is 6.20 Å². The molecule has 0 spiro atoms. The molecule has 1 aliphatic heterocycles. The predicted molar refractivity (Wildman–Crippen MR) is 56.8 cm³/mol. The van der Waals surface area contributed by atoms with E-state index in [0.29, 0.717) is 13.1 Å². The van der Waals surface area contributed by atoms with Crippen molar-refractivity contribution in [1.82, 2.24) is 9.29 Å². The molecule has 6 heteroatoms. The summed E-state index contributed by atoms with van der Waals surface area (Å²) in [6.45, 7) is 1.03. The lowest BCUT2D eigenvalue weighted by Crippen LogP contribution is -2.35. The lowest BCUT2D eigenvalue weighted by Gasteiger charge is -2.25. The molecular formula is C10H13FN2O2S. The van der Waals surface area contributed by atoms with Crippen LogP contribution in [0.3, 0.4) is 0 Å². The van der Waals surface area contributed by atoms with Gasteiger partial charge in [0.15, 0.2) is 0 Å². The van der Waals surface area contributed by atoms with E-state index in [-0.39, 0.29) is 4.90 Å². The van der Waals surface area contributed by atoms with Crippen molar-refractivity contribution < 1.29 is 12.8 Å². The molecule has 0 aromatic carbocycles. The highest BCUT2D eigenvalue weighted by Crippen LogP contribution is 2.19. The number of rotatable bonds is 2. The highest BCUT2D eigenvalue weighted by Gasteiger charge is 2.26. The summed E-state index contributed by atoms with van der Waals surface area (Å²) < 4.78 is 38.4. The second kappa shape index (κ2) is 4.47. The minimum absolute atomic E-state index is 0.0607. The van der Waals surface area contributed by atoms with Crippen LogP contribution < -0.4 is 0 Å². The Hall–Kier alpha value is -1.01. The number of hydrogen-bond donors (Lipinski definition) is 0. The van der Waals surface area contributed by atoms with Crippen LogP contribution in [0.25, 0.3) is 0 Å². The molecule has 0 saturated carbocycles. The minimum atomic E-state index is -3.55. The van der Waals surface area contributed by atoms with Crippen molar-refractivity contribution in [3.8, 4) is 0 Å². The Bertz CT molecular complexity index is 469. The van der Waals surface area contributed by atoms with E-state index < -0.39 is 15.8 Å². The average molecular weight is 244 g/mol. The molecule has 0 atom stereocenters. The van der Waals surface area contributed by atoms with Crippen molar-refractivity contribution >= 4 is 10.0 Å². The van der Waals surface area contributed by atoms with Crippen LogP contribution in [0.4, 0.5) is 4.39 Å². The summed E-state index contributed by atoms with van der Waals surface area (Å²) in [5, 5.41) is 0. The Morgan fingerprint density at radius 1 is 1.19 bits per heavy atom. The summed E-state index contributed by atoms with van der Waals surface area (Å²) in [6, 6.07) is 1.01. The lowest BCUT2D eigenvalue weighted by atomic mass is 10.2. The van der Waals surface area contributed by atoms with Gasteiger partial charge in [0.1, 0.15) is 10.7 Å². The summed E-state index contributed by atoms with van der Waals surface area (Å²) in [4.78, 5) is 3.50. The van der Waals surface area contributed by atoms with Crippen molar-refractivity contribution in [3.63, 3.8) is 0 Å². The van der Waals surface area contributed by atoms with Crippen molar-refractivity contribution in [2.45, 2.75) is 24.2 Å². The van der Waals surface area contributed by atoms with E-state index in [1.54, 1.807) is 0 Å².